The molecule has 3 atom stereocenters. The minimum Gasteiger partial charge on any atom is -0.453 e. The number of urea groups is 1. The number of hydrogen-bond donors (Lipinski definition) is 3. The summed E-state index contributed by atoms with van der Waals surface area (Å²) >= 11 is 0. The SMILES string of the molecule is COC(=O)NC(C(=O)N1CCCC1c1ncc(-c2ccc(/C=C/c3ccc(-c4cnc(C5CCCN5C(=O)N(CC(C)C)C(=O)OC)[nH]4)cc3)cc2)[nH]1)C(C)C. The Morgan fingerprint density at radius 1 is 0.786 bits per heavy atom. The fourth-order valence-electron chi connectivity index (χ4n) is 7.38. The zero-order chi connectivity index (χ0) is 39.9. The summed E-state index contributed by atoms with van der Waals surface area (Å²) in [6.45, 7) is 9.13. The van der Waals surface area contributed by atoms with Gasteiger partial charge in [0, 0.05) is 19.6 Å². The summed E-state index contributed by atoms with van der Waals surface area (Å²) in [4.78, 5) is 72.1. The predicted molar refractivity (Wildman–Crippen MR) is 213 cm³/mol. The van der Waals surface area contributed by atoms with Crippen LogP contribution in [-0.2, 0) is 14.3 Å². The molecule has 2 saturated heterocycles. The van der Waals surface area contributed by atoms with E-state index < -0.39 is 18.2 Å². The molecule has 296 valence electrons. The fraction of sp³-hybridized carbons (Fsp3) is 0.429. The minimum atomic E-state index is -0.684. The van der Waals surface area contributed by atoms with Gasteiger partial charge in [-0.3, -0.25) is 4.79 Å². The van der Waals surface area contributed by atoms with Crippen molar-refractivity contribution in [2.45, 2.75) is 71.5 Å². The highest BCUT2D eigenvalue weighted by Gasteiger charge is 2.38. The maximum absolute atomic E-state index is 13.5. The molecule has 14 nitrogen and oxygen atoms in total. The van der Waals surface area contributed by atoms with Crippen LogP contribution in [-0.4, -0.2) is 98.7 Å². The van der Waals surface area contributed by atoms with E-state index in [0.29, 0.717) is 18.9 Å². The first-order valence-corrected chi connectivity index (χ1v) is 19.3. The maximum atomic E-state index is 13.5. The number of amides is 5. The van der Waals surface area contributed by atoms with E-state index in [1.807, 2.05) is 76.2 Å². The van der Waals surface area contributed by atoms with Gasteiger partial charge in [0.25, 0.3) is 0 Å². The second kappa shape index (κ2) is 17.7. The van der Waals surface area contributed by atoms with Gasteiger partial charge in [-0.25, -0.2) is 29.3 Å². The smallest absolute Gasteiger partial charge is 0.417 e. The summed E-state index contributed by atoms with van der Waals surface area (Å²) in [6.07, 6.45) is 9.64. The highest BCUT2D eigenvalue weighted by molar-refractivity contribution is 5.91. The molecule has 14 heteroatoms. The number of likely N-dealkylation sites (tertiary alicyclic amines) is 2. The van der Waals surface area contributed by atoms with Gasteiger partial charge < -0.3 is 34.6 Å². The van der Waals surface area contributed by atoms with E-state index in [9.17, 15) is 19.2 Å². The number of carbonyl (C=O) groups is 4. The van der Waals surface area contributed by atoms with Gasteiger partial charge in [-0.15, -0.1) is 0 Å². The number of aromatic nitrogens is 4. The Hall–Kier alpha value is -5.92. The lowest BCUT2D eigenvalue weighted by atomic mass is 10.0. The van der Waals surface area contributed by atoms with Gasteiger partial charge in [-0.1, -0.05) is 88.4 Å². The maximum Gasteiger partial charge on any atom is 0.417 e. The van der Waals surface area contributed by atoms with Crippen molar-refractivity contribution < 1.29 is 28.7 Å². The standard InChI is InChI=1S/C42H52N8O6/c1-26(2)25-50(42(54)56-6)41(53)49-22-8-10-35(49)38-44-24-33(46-38)31-19-15-29(16-20-31)12-11-28-13-17-30(18-14-28)32-23-43-37(45-32)34-9-7-21-48(34)39(51)36(27(3)4)47-40(52)55-5/h11-20,23-24,26-27,34-36H,7-10,21-22,25H2,1-6H3,(H,43,45)(H,44,46)(H,47,52)/b12-11+. The number of aromatic amines is 2. The summed E-state index contributed by atoms with van der Waals surface area (Å²) in [5.74, 6) is 1.29. The van der Waals surface area contributed by atoms with E-state index in [1.54, 1.807) is 22.2 Å². The molecule has 4 aromatic rings. The zero-order valence-electron chi connectivity index (χ0n) is 33.0. The number of rotatable bonds is 11. The fourth-order valence-corrected chi connectivity index (χ4v) is 7.38. The molecular formula is C42H52N8O6. The lowest BCUT2D eigenvalue weighted by Crippen LogP contribution is -2.51. The molecule has 56 heavy (non-hydrogen) atoms. The number of carbonyl (C=O) groups excluding carboxylic acids is 4. The van der Waals surface area contributed by atoms with E-state index in [1.165, 1.54) is 19.1 Å². The van der Waals surface area contributed by atoms with Crippen LogP contribution in [0, 0.1) is 11.8 Å². The summed E-state index contributed by atoms with van der Waals surface area (Å²) in [5.41, 5.74) is 5.74. The Morgan fingerprint density at radius 3 is 1.75 bits per heavy atom. The van der Waals surface area contributed by atoms with Crippen molar-refractivity contribution in [3.63, 3.8) is 0 Å². The van der Waals surface area contributed by atoms with Gasteiger partial charge in [-0.2, -0.15) is 0 Å². The van der Waals surface area contributed by atoms with Crippen molar-refractivity contribution in [1.82, 2.24) is 40.0 Å². The molecule has 5 amide bonds. The third-order valence-electron chi connectivity index (χ3n) is 10.3. The van der Waals surface area contributed by atoms with E-state index >= 15 is 0 Å². The molecule has 0 bridgehead atoms. The van der Waals surface area contributed by atoms with Crippen molar-refractivity contribution in [3.8, 4) is 22.5 Å². The van der Waals surface area contributed by atoms with Crippen molar-refractivity contribution >= 4 is 36.3 Å². The van der Waals surface area contributed by atoms with Gasteiger partial charge in [0.05, 0.1) is 50.1 Å². The number of methoxy groups -OCH3 is 2. The Bertz CT molecular complexity index is 2020. The van der Waals surface area contributed by atoms with Crippen LogP contribution in [0.2, 0.25) is 0 Å². The number of nitrogens with zero attached hydrogens (tertiary/aromatic N) is 5. The average molecular weight is 765 g/mol. The molecule has 3 unspecified atom stereocenters. The molecule has 4 heterocycles. The van der Waals surface area contributed by atoms with Crippen molar-refractivity contribution in [2.24, 2.45) is 11.8 Å². The normalized spacial score (nSPS) is 17.5. The quantitative estimate of drug-likeness (QED) is 0.131. The third-order valence-corrected chi connectivity index (χ3v) is 10.3. The van der Waals surface area contributed by atoms with Gasteiger partial charge in [0.2, 0.25) is 5.91 Å². The Balaban J connectivity index is 1.07. The molecule has 0 aliphatic carbocycles. The van der Waals surface area contributed by atoms with E-state index in [0.717, 1.165) is 65.1 Å². The summed E-state index contributed by atoms with van der Waals surface area (Å²) < 4.78 is 9.65. The highest BCUT2D eigenvalue weighted by atomic mass is 16.5. The first kappa shape index (κ1) is 39.8. The van der Waals surface area contributed by atoms with Gasteiger partial charge in [0.15, 0.2) is 0 Å². The second-order valence-corrected chi connectivity index (χ2v) is 15.1. The van der Waals surface area contributed by atoms with Crippen LogP contribution in [0.25, 0.3) is 34.7 Å². The monoisotopic (exact) mass is 764 g/mol. The number of imide groups is 1. The van der Waals surface area contributed by atoms with Gasteiger partial charge in [0.1, 0.15) is 17.7 Å². The Morgan fingerprint density at radius 2 is 1.29 bits per heavy atom. The molecule has 0 spiro atoms. The topological polar surface area (TPSA) is 166 Å². The number of alkyl carbamates (subject to hydrolysis) is 1. The second-order valence-electron chi connectivity index (χ2n) is 15.1. The molecule has 0 radical (unpaired) electrons. The average Bonchev–Trinajstić information content (AvgIpc) is 4.04. The lowest BCUT2D eigenvalue weighted by molar-refractivity contribution is -0.135. The third kappa shape index (κ3) is 8.96. The van der Waals surface area contributed by atoms with E-state index in [4.69, 9.17) is 9.47 Å². The van der Waals surface area contributed by atoms with Crippen LogP contribution in [0.3, 0.4) is 0 Å². The number of nitrogens with one attached hydrogen (secondary N) is 3. The highest BCUT2D eigenvalue weighted by Crippen LogP contribution is 2.34. The number of hydrogen-bond acceptors (Lipinski definition) is 8. The van der Waals surface area contributed by atoms with E-state index in [-0.39, 0.29) is 42.4 Å². The Labute approximate surface area is 327 Å². The van der Waals surface area contributed by atoms with Crippen LogP contribution < -0.4 is 5.32 Å². The van der Waals surface area contributed by atoms with Crippen molar-refractivity contribution in [1.29, 1.82) is 0 Å². The summed E-state index contributed by atoms with van der Waals surface area (Å²) in [6, 6.07) is 14.8. The molecule has 2 aliphatic heterocycles. The Kier molecular flexibility index (Phi) is 12.6. The van der Waals surface area contributed by atoms with Crippen LogP contribution in [0.4, 0.5) is 14.4 Å². The molecule has 2 aromatic carbocycles. The zero-order valence-corrected chi connectivity index (χ0v) is 33.0. The molecule has 0 saturated carbocycles. The molecule has 3 N–H and O–H groups in total. The first-order chi connectivity index (χ1) is 27.0. The first-order valence-electron chi connectivity index (χ1n) is 19.3. The van der Waals surface area contributed by atoms with Crippen LogP contribution in [0.1, 0.15) is 88.2 Å². The van der Waals surface area contributed by atoms with Crippen LogP contribution in [0.5, 0.6) is 0 Å². The number of imidazole rings is 2. The van der Waals surface area contributed by atoms with E-state index in [2.05, 4.69) is 37.4 Å². The van der Waals surface area contributed by atoms with Crippen molar-refractivity contribution in [3.05, 3.63) is 83.7 Å². The largest absolute Gasteiger partial charge is 0.453 e. The van der Waals surface area contributed by atoms with Crippen molar-refractivity contribution in [2.75, 3.05) is 33.9 Å². The summed E-state index contributed by atoms with van der Waals surface area (Å²) in [5, 5.41) is 2.69. The molecule has 2 aromatic heterocycles. The molecular weight excluding hydrogens is 713 g/mol. The predicted octanol–water partition coefficient (Wildman–Crippen LogP) is 7.66. The molecule has 2 fully saturated rings. The molecule has 2 aliphatic rings. The summed E-state index contributed by atoms with van der Waals surface area (Å²) in [7, 11) is 2.58. The van der Waals surface area contributed by atoms with Gasteiger partial charge in [-0.05, 0) is 59.8 Å². The van der Waals surface area contributed by atoms with Crippen LogP contribution in [0.15, 0.2) is 60.9 Å². The van der Waals surface area contributed by atoms with Gasteiger partial charge >= 0.3 is 18.2 Å². The number of benzene rings is 2. The minimum absolute atomic E-state index is 0.101. The lowest BCUT2D eigenvalue weighted by Gasteiger charge is -2.30. The molecule has 6 rings (SSSR count). The van der Waals surface area contributed by atoms with Crippen LogP contribution >= 0.6 is 0 Å². The number of H-pyrrole nitrogens is 2. The number of ether oxygens (including phenoxy) is 2.